The van der Waals surface area contributed by atoms with Crippen LogP contribution in [0.4, 0.5) is 11.4 Å². The Morgan fingerprint density at radius 2 is 1.78 bits per heavy atom. The Morgan fingerprint density at radius 3 is 2.47 bits per heavy atom. The van der Waals surface area contributed by atoms with Gasteiger partial charge in [0.05, 0.1) is 17.8 Å². The smallest absolute Gasteiger partial charge is 0.230 e. The highest BCUT2D eigenvalue weighted by Gasteiger charge is 2.16. The van der Waals surface area contributed by atoms with Crippen molar-refractivity contribution in [3.8, 4) is 5.13 Å². The minimum absolute atomic E-state index is 0.0856. The molecule has 0 saturated heterocycles. The molecule has 6 nitrogen and oxygen atoms in total. The quantitative estimate of drug-likeness (QED) is 0.445. The summed E-state index contributed by atoms with van der Waals surface area (Å²) in [5.41, 5.74) is 7.16. The van der Waals surface area contributed by atoms with Gasteiger partial charge in [0.25, 0.3) is 0 Å². The van der Waals surface area contributed by atoms with E-state index in [1.54, 1.807) is 0 Å². The van der Waals surface area contributed by atoms with Crippen LogP contribution in [0.25, 0.3) is 5.13 Å². The van der Waals surface area contributed by atoms with E-state index >= 15 is 0 Å². The summed E-state index contributed by atoms with van der Waals surface area (Å²) in [6.45, 7) is 4.11. The fourth-order valence-corrected chi connectivity index (χ4v) is 4.43. The van der Waals surface area contributed by atoms with Crippen LogP contribution in [-0.4, -0.2) is 34.8 Å². The van der Waals surface area contributed by atoms with E-state index in [9.17, 15) is 4.79 Å². The first-order valence-corrected chi connectivity index (χ1v) is 11.4. The molecule has 0 saturated carbocycles. The topological polar surface area (TPSA) is 63.1 Å². The monoisotopic (exact) mass is 445 g/mol. The summed E-state index contributed by atoms with van der Waals surface area (Å²) in [5.74, 6) is -0.0856. The van der Waals surface area contributed by atoms with Crippen molar-refractivity contribution < 1.29 is 4.79 Å². The number of hydrogen-bond donors (Lipinski definition) is 1. The normalized spacial score (nSPS) is 10.9. The molecule has 1 N–H and O–H groups in total. The maximum Gasteiger partial charge on any atom is 0.230 e. The summed E-state index contributed by atoms with van der Waals surface area (Å²) in [6.07, 6.45) is 1.06. The van der Waals surface area contributed by atoms with Crippen LogP contribution in [0.15, 0.2) is 60.0 Å². The van der Waals surface area contributed by atoms with E-state index in [2.05, 4.69) is 41.5 Å². The number of nitrogens with one attached hydrogen (secondary N) is 1. The summed E-state index contributed by atoms with van der Waals surface area (Å²) in [6, 6.07) is 18.2. The lowest BCUT2D eigenvalue weighted by atomic mass is 10.0. The second-order valence-corrected chi connectivity index (χ2v) is 8.85. The predicted octanol–water partition coefficient (Wildman–Crippen LogP) is 4.78. The van der Waals surface area contributed by atoms with Gasteiger partial charge in [-0.1, -0.05) is 30.3 Å². The summed E-state index contributed by atoms with van der Waals surface area (Å²) in [5, 5.41) is 10.4. The summed E-state index contributed by atoms with van der Waals surface area (Å²) in [7, 11) is 3.97. The number of aromatic nitrogens is 3. The number of carbonyl (C=O) groups excluding carboxylic acids is 1. The van der Waals surface area contributed by atoms with Gasteiger partial charge in [-0.15, -0.1) is 11.3 Å². The van der Waals surface area contributed by atoms with Crippen LogP contribution in [0, 0.1) is 13.8 Å². The van der Waals surface area contributed by atoms with Crippen molar-refractivity contribution in [3.05, 3.63) is 88.2 Å². The van der Waals surface area contributed by atoms with Crippen LogP contribution in [0.2, 0.25) is 0 Å². The van der Waals surface area contributed by atoms with E-state index in [0.717, 1.165) is 40.0 Å². The molecule has 0 aliphatic rings. The molecule has 2 aromatic heterocycles. The highest BCUT2D eigenvalue weighted by molar-refractivity contribution is 7.12. The van der Waals surface area contributed by atoms with Crippen LogP contribution in [0.1, 0.15) is 28.2 Å². The van der Waals surface area contributed by atoms with E-state index in [1.165, 1.54) is 22.5 Å². The van der Waals surface area contributed by atoms with Crippen molar-refractivity contribution in [2.45, 2.75) is 26.7 Å². The minimum atomic E-state index is -0.0856. The van der Waals surface area contributed by atoms with Crippen LogP contribution in [-0.2, 0) is 17.6 Å². The number of amides is 1. The van der Waals surface area contributed by atoms with Gasteiger partial charge in [-0.2, -0.15) is 5.10 Å². The third-order valence-corrected chi connectivity index (χ3v) is 6.26. The van der Waals surface area contributed by atoms with Gasteiger partial charge in [-0.3, -0.25) is 4.79 Å². The first-order chi connectivity index (χ1) is 15.4. The molecule has 0 atom stereocenters. The number of rotatable bonds is 7. The minimum Gasteiger partial charge on any atom is -0.378 e. The van der Waals surface area contributed by atoms with E-state index in [0.29, 0.717) is 0 Å². The Morgan fingerprint density at radius 1 is 1.06 bits per heavy atom. The predicted molar refractivity (Wildman–Crippen MR) is 131 cm³/mol. The number of aryl methyl sites for hydroxylation is 1. The fourth-order valence-electron chi connectivity index (χ4n) is 3.60. The molecule has 7 heteroatoms. The maximum absolute atomic E-state index is 12.5. The summed E-state index contributed by atoms with van der Waals surface area (Å²) in [4.78, 5) is 19.2. The van der Waals surface area contributed by atoms with Crippen LogP contribution in [0.3, 0.4) is 0 Å². The van der Waals surface area contributed by atoms with Crippen LogP contribution < -0.4 is 10.2 Å². The zero-order valence-corrected chi connectivity index (χ0v) is 19.6. The van der Waals surface area contributed by atoms with Crippen molar-refractivity contribution >= 4 is 28.6 Å². The van der Waals surface area contributed by atoms with Crippen molar-refractivity contribution in [3.63, 3.8) is 0 Å². The van der Waals surface area contributed by atoms with Crippen LogP contribution >= 0.6 is 11.3 Å². The van der Waals surface area contributed by atoms with Gasteiger partial charge in [0.1, 0.15) is 0 Å². The molecule has 2 aromatic carbocycles. The highest BCUT2D eigenvalue weighted by atomic mass is 32.1. The van der Waals surface area contributed by atoms with Gasteiger partial charge in [0.15, 0.2) is 0 Å². The summed E-state index contributed by atoms with van der Waals surface area (Å²) < 4.78 is 1.89. The molecule has 2 heterocycles. The van der Waals surface area contributed by atoms with E-state index < -0.39 is 0 Å². The molecule has 0 radical (unpaired) electrons. The first-order valence-electron chi connectivity index (χ1n) is 10.5. The zero-order chi connectivity index (χ0) is 22.7. The first kappa shape index (κ1) is 21.8. The second kappa shape index (κ2) is 9.36. The molecule has 0 aliphatic heterocycles. The lowest BCUT2D eigenvalue weighted by Crippen LogP contribution is -2.15. The Labute approximate surface area is 192 Å². The molecule has 164 valence electrons. The number of hydrogen-bond acceptors (Lipinski definition) is 5. The van der Waals surface area contributed by atoms with Crippen molar-refractivity contribution in [2.75, 3.05) is 24.3 Å². The Hall–Kier alpha value is -3.45. The molecule has 0 bridgehead atoms. The number of nitrogens with zero attached hydrogens (tertiary/aromatic N) is 4. The number of thiazole rings is 1. The SMILES string of the molecule is Cc1nn(-c2nc(CC(=O)Nc3ccc(N(C)C)cc3)cs2)c(C)c1Cc1ccccc1. The fraction of sp³-hybridized carbons (Fsp3) is 0.240. The molecule has 0 aliphatic carbocycles. The van der Waals surface area contributed by atoms with E-state index in [4.69, 9.17) is 5.10 Å². The average molecular weight is 446 g/mol. The molecular formula is C25H27N5OS. The molecule has 1 amide bonds. The Balaban J connectivity index is 1.44. The van der Waals surface area contributed by atoms with E-state index in [1.807, 2.05) is 66.3 Å². The van der Waals surface area contributed by atoms with Gasteiger partial charge in [0.2, 0.25) is 11.0 Å². The zero-order valence-electron chi connectivity index (χ0n) is 18.8. The molecule has 0 fully saturated rings. The van der Waals surface area contributed by atoms with Gasteiger partial charge in [0, 0.05) is 48.5 Å². The highest BCUT2D eigenvalue weighted by Crippen LogP contribution is 2.23. The second-order valence-electron chi connectivity index (χ2n) is 8.01. The van der Waals surface area contributed by atoms with Crippen molar-refractivity contribution in [1.82, 2.24) is 14.8 Å². The maximum atomic E-state index is 12.5. The van der Waals surface area contributed by atoms with Gasteiger partial charge >= 0.3 is 0 Å². The Bertz CT molecular complexity index is 1210. The summed E-state index contributed by atoms with van der Waals surface area (Å²) >= 11 is 1.50. The molecule has 0 spiro atoms. The van der Waals surface area contributed by atoms with Gasteiger partial charge in [-0.25, -0.2) is 9.67 Å². The molecule has 4 rings (SSSR count). The van der Waals surface area contributed by atoms with Crippen LogP contribution in [0.5, 0.6) is 0 Å². The van der Waals surface area contributed by atoms with Gasteiger partial charge in [-0.05, 0) is 43.7 Å². The lowest BCUT2D eigenvalue weighted by molar-refractivity contribution is -0.115. The third-order valence-electron chi connectivity index (χ3n) is 5.39. The Kier molecular flexibility index (Phi) is 6.37. The number of anilines is 2. The number of carbonyl (C=O) groups is 1. The number of benzene rings is 2. The molecular weight excluding hydrogens is 418 g/mol. The van der Waals surface area contributed by atoms with E-state index in [-0.39, 0.29) is 12.3 Å². The molecule has 0 unspecified atom stereocenters. The van der Waals surface area contributed by atoms with Crippen molar-refractivity contribution in [2.24, 2.45) is 0 Å². The third kappa shape index (κ3) is 4.89. The average Bonchev–Trinajstić information content (AvgIpc) is 3.34. The lowest BCUT2D eigenvalue weighted by Gasteiger charge is -2.12. The standard InChI is InChI=1S/C25H27N5OS/c1-17-23(14-19-8-6-5-7-9-19)18(2)30(28-17)25-27-21(16-32-25)15-24(31)26-20-10-12-22(13-11-20)29(3)4/h5-13,16H,14-15H2,1-4H3,(H,26,31). The molecule has 32 heavy (non-hydrogen) atoms. The largest absolute Gasteiger partial charge is 0.378 e. The molecule has 4 aromatic rings. The van der Waals surface area contributed by atoms with Gasteiger partial charge < -0.3 is 10.2 Å². The van der Waals surface area contributed by atoms with Crippen molar-refractivity contribution in [1.29, 1.82) is 0 Å².